The predicted molar refractivity (Wildman–Crippen MR) is 45.2 cm³/mol. The summed E-state index contributed by atoms with van der Waals surface area (Å²) < 4.78 is 10.1. The average Bonchev–Trinajstić information content (AvgIpc) is 2.15. The maximum absolute atomic E-state index is 5.07. The van der Waals surface area contributed by atoms with E-state index in [2.05, 4.69) is 10.6 Å². The molecule has 0 saturated carbocycles. The SMILES string of the molecule is C1COCCN1.C1OC2CNC12. The van der Waals surface area contributed by atoms with Crippen molar-refractivity contribution < 1.29 is 9.47 Å². The molecule has 4 nitrogen and oxygen atoms in total. The Bertz CT molecular complexity index is 110. The molecule has 2 N–H and O–H groups in total. The summed E-state index contributed by atoms with van der Waals surface area (Å²) in [7, 11) is 0. The van der Waals surface area contributed by atoms with Crippen LogP contribution in [0.25, 0.3) is 0 Å². The Labute approximate surface area is 72.6 Å². The van der Waals surface area contributed by atoms with Gasteiger partial charge < -0.3 is 20.1 Å². The third kappa shape index (κ3) is 1.95. The number of rotatable bonds is 0. The van der Waals surface area contributed by atoms with Crippen LogP contribution in [0.1, 0.15) is 0 Å². The molecule has 3 aliphatic rings. The molecule has 3 saturated heterocycles. The first-order valence-electron chi connectivity index (χ1n) is 4.60. The van der Waals surface area contributed by atoms with Gasteiger partial charge in [0.2, 0.25) is 0 Å². The van der Waals surface area contributed by atoms with Gasteiger partial charge in [-0.05, 0) is 0 Å². The van der Waals surface area contributed by atoms with Gasteiger partial charge in [-0.25, -0.2) is 0 Å². The van der Waals surface area contributed by atoms with E-state index >= 15 is 0 Å². The molecular formula is C8H16N2O2. The first kappa shape index (κ1) is 8.44. The molecule has 3 fully saturated rings. The van der Waals surface area contributed by atoms with Crippen LogP contribution in [0.2, 0.25) is 0 Å². The highest BCUT2D eigenvalue weighted by Crippen LogP contribution is 2.18. The molecule has 0 aromatic rings. The van der Waals surface area contributed by atoms with Gasteiger partial charge in [0.1, 0.15) is 0 Å². The van der Waals surface area contributed by atoms with Crippen molar-refractivity contribution in [2.24, 2.45) is 0 Å². The average molecular weight is 172 g/mol. The van der Waals surface area contributed by atoms with E-state index in [4.69, 9.17) is 9.47 Å². The Balaban J connectivity index is 0.0000000939. The lowest BCUT2D eigenvalue weighted by Crippen LogP contribution is -2.68. The van der Waals surface area contributed by atoms with E-state index in [1.54, 1.807) is 0 Å². The van der Waals surface area contributed by atoms with Crippen LogP contribution in [0, 0.1) is 0 Å². The minimum Gasteiger partial charge on any atom is -0.379 e. The van der Waals surface area contributed by atoms with Crippen molar-refractivity contribution in [3.63, 3.8) is 0 Å². The zero-order chi connectivity index (χ0) is 8.23. The zero-order valence-electron chi connectivity index (χ0n) is 7.21. The largest absolute Gasteiger partial charge is 0.379 e. The molecule has 0 bridgehead atoms. The Morgan fingerprint density at radius 3 is 2.00 bits per heavy atom. The van der Waals surface area contributed by atoms with Gasteiger partial charge >= 0.3 is 0 Å². The normalized spacial score (nSPS) is 38.0. The summed E-state index contributed by atoms with van der Waals surface area (Å²) in [4.78, 5) is 0. The Hall–Kier alpha value is -0.160. The lowest BCUT2D eigenvalue weighted by Gasteiger charge is -2.46. The fourth-order valence-corrected chi connectivity index (χ4v) is 1.34. The number of fused-ring (bicyclic) bond motifs is 1. The highest BCUT2D eigenvalue weighted by Gasteiger charge is 2.39. The van der Waals surface area contributed by atoms with Crippen molar-refractivity contribution >= 4 is 0 Å². The van der Waals surface area contributed by atoms with Crippen LogP contribution in [-0.4, -0.2) is 51.6 Å². The van der Waals surface area contributed by atoms with E-state index in [9.17, 15) is 0 Å². The van der Waals surface area contributed by atoms with E-state index in [1.807, 2.05) is 0 Å². The van der Waals surface area contributed by atoms with Gasteiger partial charge in [0, 0.05) is 19.6 Å². The maximum atomic E-state index is 5.07. The predicted octanol–water partition coefficient (Wildman–Crippen LogP) is -1.04. The Morgan fingerprint density at radius 1 is 1.17 bits per heavy atom. The van der Waals surface area contributed by atoms with Crippen molar-refractivity contribution in [3.05, 3.63) is 0 Å². The Kier molecular flexibility index (Phi) is 2.94. The van der Waals surface area contributed by atoms with E-state index in [0.29, 0.717) is 6.10 Å². The number of hydrogen-bond donors (Lipinski definition) is 2. The minimum absolute atomic E-state index is 0.602. The molecule has 0 spiro atoms. The number of morpholine rings is 2. The van der Waals surface area contributed by atoms with Crippen molar-refractivity contribution in [2.45, 2.75) is 12.1 Å². The van der Waals surface area contributed by atoms with Gasteiger partial charge in [0.05, 0.1) is 32.0 Å². The highest BCUT2D eigenvalue weighted by molar-refractivity contribution is 4.95. The minimum atomic E-state index is 0.602. The molecule has 3 rings (SSSR count). The fraction of sp³-hybridized carbons (Fsp3) is 1.00. The molecule has 0 aromatic carbocycles. The zero-order valence-corrected chi connectivity index (χ0v) is 7.21. The summed E-state index contributed by atoms with van der Waals surface area (Å²) in [5, 5.41) is 6.38. The van der Waals surface area contributed by atoms with Gasteiger partial charge in [-0.3, -0.25) is 0 Å². The standard InChI is InChI=1S/C4H7NO.C4H9NO/c1-4-3(5-1)2-6-4;1-3-6-4-2-5-1/h3-5H,1-2H2;5H,1-4H2. The van der Waals surface area contributed by atoms with Crippen LogP contribution in [-0.2, 0) is 9.47 Å². The molecule has 3 aliphatic heterocycles. The second-order valence-electron chi connectivity index (χ2n) is 3.25. The summed E-state index contributed by atoms with van der Waals surface area (Å²) in [6.07, 6.45) is 0.602. The highest BCUT2D eigenvalue weighted by atomic mass is 16.5. The maximum Gasteiger partial charge on any atom is 0.0875 e. The molecular weight excluding hydrogens is 156 g/mol. The molecule has 0 aliphatic carbocycles. The van der Waals surface area contributed by atoms with Crippen molar-refractivity contribution in [1.29, 1.82) is 0 Å². The monoisotopic (exact) mass is 172 g/mol. The second kappa shape index (κ2) is 4.18. The lowest BCUT2D eigenvalue weighted by atomic mass is 9.99. The van der Waals surface area contributed by atoms with E-state index in [-0.39, 0.29) is 0 Å². The van der Waals surface area contributed by atoms with E-state index in [1.165, 1.54) is 0 Å². The fourth-order valence-electron chi connectivity index (χ4n) is 1.34. The van der Waals surface area contributed by atoms with Gasteiger partial charge in [-0.2, -0.15) is 0 Å². The van der Waals surface area contributed by atoms with Crippen LogP contribution in [0.4, 0.5) is 0 Å². The van der Waals surface area contributed by atoms with Crippen LogP contribution < -0.4 is 10.6 Å². The van der Waals surface area contributed by atoms with Gasteiger partial charge in [-0.15, -0.1) is 0 Å². The van der Waals surface area contributed by atoms with Crippen LogP contribution in [0.3, 0.4) is 0 Å². The van der Waals surface area contributed by atoms with Crippen molar-refractivity contribution in [2.75, 3.05) is 39.5 Å². The second-order valence-corrected chi connectivity index (χ2v) is 3.25. The van der Waals surface area contributed by atoms with Crippen molar-refractivity contribution in [1.82, 2.24) is 10.6 Å². The van der Waals surface area contributed by atoms with Crippen molar-refractivity contribution in [3.8, 4) is 0 Å². The molecule has 3 heterocycles. The number of hydrogen-bond acceptors (Lipinski definition) is 4. The van der Waals surface area contributed by atoms with Gasteiger partial charge in [-0.1, -0.05) is 0 Å². The quantitative estimate of drug-likeness (QED) is 0.490. The molecule has 12 heavy (non-hydrogen) atoms. The third-order valence-electron chi connectivity index (χ3n) is 2.37. The molecule has 0 amide bonds. The van der Waals surface area contributed by atoms with E-state index in [0.717, 1.165) is 45.5 Å². The first-order chi connectivity index (χ1) is 5.97. The van der Waals surface area contributed by atoms with Crippen LogP contribution in [0.5, 0.6) is 0 Å². The summed E-state index contributed by atoms with van der Waals surface area (Å²) in [5.41, 5.74) is 0. The van der Waals surface area contributed by atoms with Crippen LogP contribution >= 0.6 is 0 Å². The molecule has 4 heteroatoms. The topological polar surface area (TPSA) is 42.5 Å². The molecule has 2 atom stereocenters. The first-order valence-corrected chi connectivity index (χ1v) is 4.60. The molecule has 70 valence electrons. The third-order valence-corrected chi connectivity index (χ3v) is 2.37. The summed E-state index contributed by atoms with van der Waals surface area (Å²) in [5.74, 6) is 0. The summed E-state index contributed by atoms with van der Waals surface area (Å²) in [6, 6.07) is 0.741. The van der Waals surface area contributed by atoms with Gasteiger partial charge in [0.15, 0.2) is 0 Å². The summed E-state index contributed by atoms with van der Waals surface area (Å²) in [6.45, 7) is 5.87. The smallest absolute Gasteiger partial charge is 0.0875 e. The van der Waals surface area contributed by atoms with E-state index < -0.39 is 0 Å². The molecule has 0 aromatic heterocycles. The summed E-state index contributed by atoms with van der Waals surface area (Å²) >= 11 is 0. The molecule has 0 radical (unpaired) electrons. The number of ether oxygens (including phenoxy) is 2. The lowest BCUT2D eigenvalue weighted by molar-refractivity contribution is -0.135. The van der Waals surface area contributed by atoms with Gasteiger partial charge in [0.25, 0.3) is 0 Å². The Morgan fingerprint density at radius 2 is 1.92 bits per heavy atom. The number of nitrogens with one attached hydrogen (secondary N) is 2. The molecule has 2 unspecified atom stereocenters. The van der Waals surface area contributed by atoms with Crippen LogP contribution in [0.15, 0.2) is 0 Å².